The number of carbonyl (C=O) groups excluding carboxylic acids is 1. The van der Waals surface area contributed by atoms with Crippen molar-refractivity contribution in [2.75, 3.05) is 18.5 Å². The number of nitrogens with two attached hydrogens (primary N) is 1. The van der Waals surface area contributed by atoms with E-state index in [-0.39, 0.29) is 12.0 Å². The summed E-state index contributed by atoms with van der Waals surface area (Å²) in [6, 6.07) is 3.39. The van der Waals surface area contributed by atoms with Gasteiger partial charge in [-0.3, -0.25) is 10.6 Å². The van der Waals surface area contributed by atoms with E-state index in [0.29, 0.717) is 30.4 Å². The number of nitrogens with one attached hydrogen (secondary N) is 1. The lowest BCUT2D eigenvalue weighted by Gasteiger charge is -2.33. The number of pyridine rings is 1. The van der Waals surface area contributed by atoms with Gasteiger partial charge in [0.05, 0.1) is 18.0 Å². The first kappa shape index (κ1) is 13.8. The molecule has 1 saturated heterocycles. The zero-order valence-electron chi connectivity index (χ0n) is 11.0. The van der Waals surface area contributed by atoms with Crippen LogP contribution in [0.2, 0.25) is 0 Å². The number of hydrogen-bond acceptors (Lipinski definition) is 5. The molecular formula is C13H20N4O2. The number of hydrogen-bond donors (Lipinski definition) is 3. The lowest BCUT2D eigenvalue weighted by molar-refractivity contribution is 0.0517. The molecule has 1 aliphatic heterocycles. The fourth-order valence-corrected chi connectivity index (χ4v) is 2.35. The third-order valence-electron chi connectivity index (χ3n) is 3.66. The maximum atomic E-state index is 12.2. The lowest BCUT2D eigenvalue weighted by atomic mass is 9.92. The van der Waals surface area contributed by atoms with E-state index in [2.05, 4.69) is 10.4 Å². The summed E-state index contributed by atoms with van der Waals surface area (Å²) in [5, 5.41) is 9.54. The Morgan fingerprint density at radius 1 is 1.53 bits per heavy atom. The topological polar surface area (TPSA) is 91.5 Å². The predicted molar refractivity (Wildman–Crippen MR) is 72.4 cm³/mol. The molecule has 0 aromatic carbocycles. The number of piperidine rings is 1. The number of aliphatic hydroxyl groups excluding tert-OH is 1. The number of hydrazine groups is 1. The summed E-state index contributed by atoms with van der Waals surface area (Å²) in [5.41, 5.74) is 3.57. The molecular weight excluding hydrogens is 244 g/mol. The van der Waals surface area contributed by atoms with Gasteiger partial charge in [0.15, 0.2) is 0 Å². The number of anilines is 1. The number of aliphatic hydroxyl groups is 1. The molecule has 1 amide bonds. The summed E-state index contributed by atoms with van der Waals surface area (Å²) in [7, 11) is 0. The second-order valence-corrected chi connectivity index (χ2v) is 4.95. The summed E-state index contributed by atoms with van der Waals surface area (Å²) in [5.74, 6) is 5.48. The number of nitrogen functional groups attached to an aromatic ring is 1. The minimum absolute atomic E-state index is 0.0624. The molecule has 4 N–H and O–H groups in total. The van der Waals surface area contributed by atoms with Crippen LogP contribution in [-0.4, -0.2) is 40.1 Å². The van der Waals surface area contributed by atoms with Crippen LogP contribution in [0.1, 0.15) is 30.3 Å². The second kappa shape index (κ2) is 5.99. The number of likely N-dealkylation sites (tertiary alicyclic amines) is 1. The molecule has 2 heterocycles. The Labute approximate surface area is 112 Å². The van der Waals surface area contributed by atoms with Gasteiger partial charge in [0.25, 0.3) is 5.91 Å². The summed E-state index contributed by atoms with van der Waals surface area (Å²) < 4.78 is 0. The molecule has 1 aromatic rings. The fraction of sp³-hybridized carbons (Fsp3) is 0.538. The Kier molecular flexibility index (Phi) is 4.34. The third kappa shape index (κ3) is 3.21. The van der Waals surface area contributed by atoms with Crippen molar-refractivity contribution < 1.29 is 9.90 Å². The van der Waals surface area contributed by atoms with E-state index < -0.39 is 0 Å². The summed E-state index contributed by atoms with van der Waals surface area (Å²) in [6.45, 7) is 3.15. The van der Waals surface area contributed by atoms with Crippen LogP contribution in [0.5, 0.6) is 0 Å². The van der Waals surface area contributed by atoms with Crippen molar-refractivity contribution in [3.8, 4) is 0 Å². The smallest absolute Gasteiger partial charge is 0.272 e. The van der Waals surface area contributed by atoms with E-state index in [1.165, 1.54) is 6.20 Å². The van der Waals surface area contributed by atoms with Crippen molar-refractivity contribution in [2.24, 2.45) is 11.8 Å². The lowest BCUT2D eigenvalue weighted by Crippen LogP contribution is -2.41. The maximum Gasteiger partial charge on any atom is 0.272 e. The van der Waals surface area contributed by atoms with Crippen molar-refractivity contribution in [3.05, 3.63) is 24.0 Å². The van der Waals surface area contributed by atoms with Gasteiger partial charge < -0.3 is 15.4 Å². The molecule has 19 heavy (non-hydrogen) atoms. The van der Waals surface area contributed by atoms with E-state index >= 15 is 0 Å². The van der Waals surface area contributed by atoms with Crippen molar-refractivity contribution in [2.45, 2.75) is 25.9 Å². The van der Waals surface area contributed by atoms with E-state index in [1.807, 2.05) is 6.92 Å². The molecule has 1 fully saturated rings. The number of nitrogens with zero attached hydrogens (tertiary/aromatic N) is 2. The van der Waals surface area contributed by atoms with Gasteiger partial charge in [-0.25, -0.2) is 4.98 Å². The molecule has 1 unspecified atom stereocenters. The number of rotatable bonds is 3. The normalized spacial score (nSPS) is 18.2. The van der Waals surface area contributed by atoms with Gasteiger partial charge in [0.2, 0.25) is 0 Å². The first-order valence-corrected chi connectivity index (χ1v) is 6.52. The van der Waals surface area contributed by atoms with Crippen LogP contribution in [0.3, 0.4) is 0 Å². The zero-order chi connectivity index (χ0) is 13.8. The quantitative estimate of drug-likeness (QED) is 0.549. The summed E-state index contributed by atoms with van der Waals surface area (Å²) in [6.07, 6.45) is 2.92. The molecule has 0 saturated carbocycles. The molecule has 1 aliphatic rings. The van der Waals surface area contributed by atoms with Crippen molar-refractivity contribution >= 4 is 11.6 Å². The average Bonchev–Trinajstić information content (AvgIpc) is 2.46. The Hall–Kier alpha value is -1.66. The second-order valence-electron chi connectivity index (χ2n) is 4.95. The Morgan fingerprint density at radius 2 is 2.21 bits per heavy atom. The van der Waals surface area contributed by atoms with Crippen LogP contribution in [0, 0.1) is 5.92 Å². The van der Waals surface area contributed by atoms with Gasteiger partial charge >= 0.3 is 0 Å². The highest BCUT2D eigenvalue weighted by Gasteiger charge is 2.26. The van der Waals surface area contributed by atoms with Crippen LogP contribution >= 0.6 is 0 Å². The van der Waals surface area contributed by atoms with E-state index in [4.69, 9.17) is 5.84 Å². The highest BCUT2D eigenvalue weighted by Crippen LogP contribution is 2.21. The van der Waals surface area contributed by atoms with Gasteiger partial charge in [-0.05, 0) is 37.8 Å². The molecule has 0 bridgehead atoms. The van der Waals surface area contributed by atoms with Crippen LogP contribution < -0.4 is 11.3 Å². The zero-order valence-corrected chi connectivity index (χ0v) is 11.0. The SMILES string of the molecule is CC(O)C1CCN(C(=O)c2ccc(NN)cn2)CC1. The van der Waals surface area contributed by atoms with Crippen LogP contribution in [-0.2, 0) is 0 Å². The fourth-order valence-electron chi connectivity index (χ4n) is 2.35. The summed E-state index contributed by atoms with van der Waals surface area (Å²) in [4.78, 5) is 18.1. The maximum absolute atomic E-state index is 12.2. The first-order chi connectivity index (χ1) is 9.11. The van der Waals surface area contributed by atoms with Gasteiger partial charge in [0, 0.05) is 13.1 Å². The number of carbonyl (C=O) groups is 1. The molecule has 0 radical (unpaired) electrons. The van der Waals surface area contributed by atoms with Crippen LogP contribution in [0.25, 0.3) is 0 Å². The van der Waals surface area contributed by atoms with Crippen LogP contribution in [0.15, 0.2) is 18.3 Å². The third-order valence-corrected chi connectivity index (χ3v) is 3.66. The van der Waals surface area contributed by atoms with Gasteiger partial charge in [-0.15, -0.1) is 0 Å². The van der Waals surface area contributed by atoms with Crippen molar-refractivity contribution in [3.63, 3.8) is 0 Å². The first-order valence-electron chi connectivity index (χ1n) is 6.52. The molecule has 6 heteroatoms. The molecule has 1 atom stereocenters. The molecule has 0 spiro atoms. The Bertz CT molecular complexity index is 425. The van der Waals surface area contributed by atoms with Crippen molar-refractivity contribution in [1.82, 2.24) is 9.88 Å². The average molecular weight is 264 g/mol. The predicted octanol–water partition coefficient (Wildman–Crippen LogP) is 0.600. The Balaban J connectivity index is 1.97. The molecule has 104 valence electrons. The minimum Gasteiger partial charge on any atom is -0.393 e. The molecule has 2 rings (SSSR count). The van der Waals surface area contributed by atoms with Crippen LogP contribution in [0.4, 0.5) is 5.69 Å². The van der Waals surface area contributed by atoms with Crippen molar-refractivity contribution in [1.29, 1.82) is 0 Å². The standard InChI is InChI=1S/C13H20N4O2/c1-9(18)10-4-6-17(7-5-10)13(19)12-3-2-11(16-14)8-15-12/h2-3,8-10,16,18H,4-7,14H2,1H3. The highest BCUT2D eigenvalue weighted by atomic mass is 16.3. The minimum atomic E-state index is -0.301. The van der Waals surface area contributed by atoms with Gasteiger partial charge in [0.1, 0.15) is 5.69 Å². The highest BCUT2D eigenvalue weighted by molar-refractivity contribution is 5.92. The van der Waals surface area contributed by atoms with Gasteiger partial charge in [-0.2, -0.15) is 0 Å². The molecule has 1 aromatic heterocycles. The Morgan fingerprint density at radius 3 is 2.68 bits per heavy atom. The monoisotopic (exact) mass is 264 g/mol. The molecule has 6 nitrogen and oxygen atoms in total. The van der Waals surface area contributed by atoms with E-state index in [1.54, 1.807) is 17.0 Å². The number of aromatic nitrogens is 1. The summed E-state index contributed by atoms with van der Waals surface area (Å²) >= 11 is 0. The van der Waals surface area contributed by atoms with E-state index in [0.717, 1.165) is 12.8 Å². The largest absolute Gasteiger partial charge is 0.393 e. The number of amides is 1. The van der Waals surface area contributed by atoms with Gasteiger partial charge in [-0.1, -0.05) is 0 Å². The molecule has 0 aliphatic carbocycles. The van der Waals surface area contributed by atoms with E-state index in [9.17, 15) is 9.90 Å².